The highest BCUT2D eigenvalue weighted by Crippen LogP contribution is 2.29. The quantitative estimate of drug-likeness (QED) is 0.915. The molecule has 0 aromatic carbocycles. The smallest absolute Gasteiger partial charge is 0.255 e. The monoisotopic (exact) mass is 274 g/mol. The van der Waals surface area contributed by atoms with Gasteiger partial charge >= 0.3 is 0 Å². The van der Waals surface area contributed by atoms with Gasteiger partial charge in [-0.05, 0) is 35.0 Å². The minimum Gasteiger partial charge on any atom is -0.384 e. The zero-order valence-corrected chi connectivity index (χ0v) is 9.67. The summed E-state index contributed by atoms with van der Waals surface area (Å²) in [5.74, 6) is 0.751. The first-order valence-corrected chi connectivity index (χ1v) is 5.55. The largest absolute Gasteiger partial charge is 0.384 e. The summed E-state index contributed by atoms with van der Waals surface area (Å²) in [5.41, 5.74) is 0. The molecule has 0 spiro atoms. The maximum atomic E-state index is 9.19. The summed E-state index contributed by atoms with van der Waals surface area (Å²) in [4.78, 5) is 4.96. The van der Waals surface area contributed by atoms with Crippen LogP contribution in [0.1, 0.15) is 18.9 Å². The van der Waals surface area contributed by atoms with E-state index in [1.54, 1.807) is 6.92 Å². The van der Waals surface area contributed by atoms with Gasteiger partial charge in [0.1, 0.15) is 6.10 Å². The van der Waals surface area contributed by atoms with Gasteiger partial charge in [-0.15, -0.1) is 11.3 Å². The van der Waals surface area contributed by atoms with Crippen molar-refractivity contribution in [3.63, 3.8) is 0 Å². The van der Waals surface area contributed by atoms with Crippen LogP contribution in [-0.4, -0.2) is 15.2 Å². The van der Waals surface area contributed by atoms with Gasteiger partial charge in [-0.1, -0.05) is 5.16 Å². The van der Waals surface area contributed by atoms with E-state index in [9.17, 15) is 5.11 Å². The van der Waals surface area contributed by atoms with Gasteiger partial charge in [-0.2, -0.15) is 4.98 Å². The first-order chi connectivity index (χ1) is 6.66. The number of hydrogen-bond donors (Lipinski definition) is 1. The molecule has 0 amide bonds. The molecule has 74 valence electrons. The van der Waals surface area contributed by atoms with Crippen LogP contribution in [0.2, 0.25) is 0 Å². The molecule has 0 aliphatic rings. The van der Waals surface area contributed by atoms with Crippen LogP contribution in [0, 0.1) is 0 Å². The van der Waals surface area contributed by atoms with Crippen molar-refractivity contribution in [2.75, 3.05) is 0 Å². The fraction of sp³-hybridized carbons (Fsp3) is 0.250. The summed E-state index contributed by atoms with van der Waals surface area (Å²) >= 11 is 4.86. The van der Waals surface area contributed by atoms with Crippen molar-refractivity contribution >= 4 is 27.3 Å². The molecule has 2 rings (SSSR count). The molecule has 2 aromatic heterocycles. The topological polar surface area (TPSA) is 59.2 Å². The lowest BCUT2D eigenvalue weighted by molar-refractivity contribution is 0.152. The van der Waals surface area contributed by atoms with Crippen LogP contribution < -0.4 is 0 Å². The third-order valence-corrected chi connectivity index (χ3v) is 3.21. The standard InChI is InChI=1S/C8H7BrN2O2S/c1-4(12)8-10-7(11-13-8)5-2-3-6(9)14-5/h2-4,12H,1H3. The molecule has 1 unspecified atom stereocenters. The molecular weight excluding hydrogens is 268 g/mol. The van der Waals surface area contributed by atoms with Crippen molar-refractivity contribution < 1.29 is 9.63 Å². The zero-order valence-electron chi connectivity index (χ0n) is 7.27. The van der Waals surface area contributed by atoms with Gasteiger partial charge < -0.3 is 9.63 Å². The second-order valence-electron chi connectivity index (χ2n) is 2.74. The van der Waals surface area contributed by atoms with E-state index in [0.717, 1.165) is 8.66 Å². The van der Waals surface area contributed by atoms with Crippen LogP contribution in [-0.2, 0) is 0 Å². The Hall–Kier alpha value is -0.720. The van der Waals surface area contributed by atoms with Gasteiger partial charge in [0.2, 0.25) is 5.82 Å². The van der Waals surface area contributed by atoms with Crippen molar-refractivity contribution in [2.24, 2.45) is 0 Å². The summed E-state index contributed by atoms with van der Waals surface area (Å²) < 4.78 is 5.88. The van der Waals surface area contributed by atoms with Crippen molar-refractivity contribution in [2.45, 2.75) is 13.0 Å². The Bertz CT molecular complexity index is 438. The summed E-state index contributed by atoms with van der Waals surface area (Å²) in [6.07, 6.45) is -0.723. The number of halogens is 1. The lowest BCUT2D eigenvalue weighted by Crippen LogP contribution is -1.89. The molecule has 0 fully saturated rings. The van der Waals surface area contributed by atoms with Gasteiger partial charge in [0.15, 0.2) is 0 Å². The average molecular weight is 275 g/mol. The molecule has 6 heteroatoms. The number of rotatable bonds is 2. The number of nitrogens with zero attached hydrogens (tertiary/aromatic N) is 2. The van der Waals surface area contributed by atoms with Crippen molar-refractivity contribution in [3.05, 3.63) is 21.8 Å². The van der Waals surface area contributed by atoms with Crippen LogP contribution in [0.5, 0.6) is 0 Å². The molecular formula is C8H7BrN2O2S. The Morgan fingerprint density at radius 1 is 1.57 bits per heavy atom. The lowest BCUT2D eigenvalue weighted by Gasteiger charge is -1.91. The summed E-state index contributed by atoms with van der Waals surface area (Å²) in [6, 6.07) is 3.81. The lowest BCUT2D eigenvalue weighted by atomic mass is 10.4. The third kappa shape index (κ3) is 1.87. The Morgan fingerprint density at radius 2 is 2.36 bits per heavy atom. The van der Waals surface area contributed by atoms with Crippen molar-refractivity contribution in [1.29, 1.82) is 0 Å². The Balaban J connectivity index is 2.33. The molecule has 0 aliphatic carbocycles. The molecule has 1 atom stereocenters. The maximum Gasteiger partial charge on any atom is 0.255 e. The number of aliphatic hydroxyl groups excluding tert-OH is 1. The fourth-order valence-electron chi connectivity index (χ4n) is 0.939. The van der Waals surface area contributed by atoms with E-state index in [4.69, 9.17) is 4.52 Å². The summed E-state index contributed by atoms with van der Waals surface area (Å²) in [6.45, 7) is 1.58. The third-order valence-electron chi connectivity index (χ3n) is 1.59. The van der Waals surface area contributed by atoms with Crippen molar-refractivity contribution in [1.82, 2.24) is 10.1 Å². The first kappa shape index (κ1) is 9.82. The predicted molar refractivity (Wildman–Crippen MR) is 55.9 cm³/mol. The molecule has 0 bridgehead atoms. The van der Waals surface area contributed by atoms with E-state index in [0.29, 0.717) is 5.82 Å². The first-order valence-electron chi connectivity index (χ1n) is 3.94. The molecule has 0 saturated heterocycles. The average Bonchev–Trinajstić information content (AvgIpc) is 2.70. The molecule has 0 aliphatic heterocycles. The van der Waals surface area contributed by atoms with E-state index < -0.39 is 6.10 Å². The molecule has 0 radical (unpaired) electrons. The van der Waals surface area contributed by atoms with E-state index in [-0.39, 0.29) is 5.89 Å². The van der Waals surface area contributed by atoms with Crippen LogP contribution >= 0.6 is 27.3 Å². The second kappa shape index (κ2) is 3.80. The number of aliphatic hydroxyl groups is 1. The van der Waals surface area contributed by atoms with Gasteiger partial charge in [0.25, 0.3) is 5.89 Å². The zero-order chi connectivity index (χ0) is 10.1. The van der Waals surface area contributed by atoms with Gasteiger partial charge in [0, 0.05) is 0 Å². The SMILES string of the molecule is CC(O)c1nc(-c2ccc(Br)s2)no1. The van der Waals surface area contributed by atoms with Crippen LogP contribution in [0.3, 0.4) is 0 Å². The van der Waals surface area contributed by atoms with Crippen molar-refractivity contribution in [3.8, 4) is 10.7 Å². The minimum atomic E-state index is -0.723. The van der Waals surface area contributed by atoms with Crippen LogP contribution in [0.4, 0.5) is 0 Å². The fourth-order valence-corrected chi connectivity index (χ4v) is 2.25. The molecule has 0 saturated carbocycles. The molecule has 2 aromatic rings. The molecule has 4 nitrogen and oxygen atoms in total. The van der Waals surface area contributed by atoms with E-state index >= 15 is 0 Å². The molecule has 2 heterocycles. The number of hydrogen-bond acceptors (Lipinski definition) is 5. The highest BCUT2D eigenvalue weighted by atomic mass is 79.9. The van der Waals surface area contributed by atoms with E-state index in [1.165, 1.54) is 11.3 Å². The van der Waals surface area contributed by atoms with Crippen LogP contribution in [0.25, 0.3) is 10.7 Å². The Labute approximate surface area is 92.7 Å². The van der Waals surface area contributed by atoms with E-state index in [1.807, 2.05) is 12.1 Å². The van der Waals surface area contributed by atoms with Gasteiger partial charge in [0.05, 0.1) is 8.66 Å². The predicted octanol–water partition coefficient (Wildman–Crippen LogP) is 2.61. The van der Waals surface area contributed by atoms with Gasteiger partial charge in [-0.3, -0.25) is 0 Å². The summed E-state index contributed by atoms with van der Waals surface area (Å²) in [7, 11) is 0. The normalized spacial score (nSPS) is 13.1. The maximum absolute atomic E-state index is 9.19. The molecule has 14 heavy (non-hydrogen) atoms. The van der Waals surface area contributed by atoms with Crippen LogP contribution in [0.15, 0.2) is 20.4 Å². The number of thiophene rings is 1. The minimum absolute atomic E-state index is 0.240. The Morgan fingerprint density at radius 3 is 2.86 bits per heavy atom. The van der Waals surface area contributed by atoms with E-state index in [2.05, 4.69) is 26.1 Å². The highest BCUT2D eigenvalue weighted by Gasteiger charge is 2.13. The highest BCUT2D eigenvalue weighted by molar-refractivity contribution is 9.11. The molecule has 1 N–H and O–H groups in total. The Kier molecular flexibility index (Phi) is 2.66. The van der Waals surface area contributed by atoms with Gasteiger partial charge in [-0.25, -0.2) is 0 Å². The summed E-state index contributed by atoms with van der Waals surface area (Å²) in [5, 5.41) is 13.0. The second-order valence-corrected chi connectivity index (χ2v) is 5.20. The number of aromatic nitrogens is 2.